The number of piperidine rings is 1. The van der Waals surface area contributed by atoms with E-state index in [4.69, 9.17) is 16.3 Å². The van der Waals surface area contributed by atoms with Gasteiger partial charge < -0.3 is 9.64 Å². The fourth-order valence-corrected chi connectivity index (χ4v) is 4.09. The second kappa shape index (κ2) is 4.75. The first kappa shape index (κ1) is 13.2. The topological polar surface area (TPSA) is 12.5 Å². The summed E-state index contributed by atoms with van der Waals surface area (Å²) in [5, 5.41) is 0.805. The van der Waals surface area contributed by atoms with Crippen molar-refractivity contribution in [2.75, 3.05) is 20.1 Å². The SMILES string of the molecule is CN1CC[C@]2(c3ccccc3Cl)Oc3ccccc3[C@@H]2C1. The highest BCUT2D eigenvalue weighted by atomic mass is 35.5. The molecule has 0 aromatic heterocycles. The Morgan fingerprint density at radius 2 is 1.90 bits per heavy atom. The molecule has 0 N–H and O–H groups in total. The first-order valence-corrected chi connectivity index (χ1v) is 7.80. The number of fused-ring (bicyclic) bond motifs is 3. The van der Waals surface area contributed by atoms with E-state index in [-0.39, 0.29) is 5.60 Å². The Hall–Kier alpha value is -1.51. The summed E-state index contributed by atoms with van der Waals surface area (Å²) in [6.07, 6.45) is 0.965. The number of halogens is 1. The van der Waals surface area contributed by atoms with Crippen molar-refractivity contribution in [3.05, 3.63) is 64.7 Å². The molecule has 3 heteroatoms. The van der Waals surface area contributed by atoms with Gasteiger partial charge in [-0.15, -0.1) is 0 Å². The van der Waals surface area contributed by atoms with Crippen molar-refractivity contribution in [1.82, 2.24) is 4.90 Å². The van der Waals surface area contributed by atoms with Crippen LogP contribution in [0.3, 0.4) is 0 Å². The van der Waals surface area contributed by atoms with Crippen LogP contribution in [0, 0.1) is 0 Å². The van der Waals surface area contributed by atoms with Crippen LogP contribution in [0.25, 0.3) is 0 Å². The highest BCUT2D eigenvalue weighted by molar-refractivity contribution is 6.31. The van der Waals surface area contributed by atoms with Crippen molar-refractivity contribution >= 4 is 11.6 Å². The zero-order valence-corrected chi connectivity index (χ0v) is 12.8. The molecule has 0 bridgehead atoms. The van der Waals surface area contributed by atoms with Gasteiger partial charge in [0.15, 0.2) is 0 Å². The van der Waals surface area contributed by atoms with E-state index in [0.717, 1.165) is 35.8 Å². The van der Waals surface area contributed by atoms with Crippen molar-refractivity contribution in [3.63, 3.8) is 0 Å². The van der Waals surface area contributed by atoms with Crippen LogP contribution in [0.4, 0.5) is 0 Å². The normalized spacial score (nSPS) is 27.8. The average Bonchev–Trinajstić information content (AvgIpc) is 2.83. The minimum Gasteiger partial charge on any atom is -0.481 e. The molecular weight excluding hydrogens is 282 g/mol. The molecule has 1 fully saturated rings. The van der Waals surface area contributed by atoms with Gasteiger partial charge in [0.25, 0.3) is 0 Å². The van der Waals surface area contributed by atoms with E-state index in [1.54, 1.807) is 0 Å². The third-order valence-corrected chi connectivity index (χ3v) is 5.17. The lowest BCUT2D eigenvalue weighted by Gasteiger charge is -2.42. The highest BCUT2D eigenvalue weighted by Gasteiger charge is 2.52. The fraction of sp³-hybridized carbons (Fsp3) is 0.333. The molecule has 0 saturated carbocycles. The third-order valence-electron chi connectivity index (χ3n) is 4.84. The number of likely N-dealkylation sites (tertiary alicyclic amines) is 1. The van der Waals surface area contributed by atoms with E-state index in [1.807, 2.05) is 18.2 Å². The van der Waals surface area contributed by atoms with Crippen molar-refractivity contribution in [3.8, 4) is 5.75 Å². The summed E-state index contributed by atoms with van der Waals surface area (Å²) in [4.78, 5) is 2.38. The highest BCUT2D eigenvalue weighted by Crippen LogP contribution is 2.55. The number of benzene rings is 2. The van der Waals surface area contributed by atoms with Gasteiger partial charge in [-0.25, -0.2) is 0 Å². The molecule has 2 aliphatic rings. The average molecular weight is 300 g/mol. The summed E-state index contributed by atoms with van der Waals surface area (Å²) >= 11 is 6.50. The maximum atomic E-state index is 6.50. The van der Waals surface area contributed by atoms with Crippen LogP contribution in [-0.2, 0) is 5.60 Å². The number of ether oxygens (including phenoxy) is 1. The Balaban J connectivity index is 1.89. The lowest BCUT2D eigenvalue weighted by atomic mass is 9.74. The summed E-state index contributed by atoms with van der Waals surface area (Å²) in [5.41, 5.74) is 2.12. The van der Waals surface area contributed by atoms with Crippen LogP contribution in [0.2, 0.25) is 5.02 Å². The standard InChI is InChI=1S/C18H18ClNO/c1-20-11-10-18(14-7-3-4-8-16(14)19)15(12-20)13-6-2-5-9-17(13)21-18/h2-9,15H,10-12H2,1H3/t15-,18+/m0/s1. The van der Waals surface area contributed by atoms with E-state index in [1.165, 1.54) is 5.56 Å². The Morgan fingerprint density at radius 3 is 2.76 bits per heavy atom. The van der Waals surface area contributed by atoms with E-state index in [9.17, 15) is 0 Å². The Kier molecular flexibility index (Phi) is 2.98. The van der Waals surface area contributed by atoms with Crippen LogP contribution < -0.4 is 4.74 Å². The maximum Gasteiger partial charge on any atom is 0.145 e. The van der Waals surface area contributed by atoms with E-state index < -0.39 is 0 Å². The lowest BCUT2D eigenvalue weighted by Crippen LogP contribution is -2.47. The van der Waals surface area contributed by atoms with Gasteiger partial charge >= 0.3 is 0 Å². The van der Waals surface area contributed by atoms with Gasteiger partial charge in [-0.2, -0.15) is 0 Å². The zero-order chi connectivity index (χ0) is 14.4. The minimum atomic E-state index is -0.311. The first-order chi connectivity index (χ1) is 10.2. The third kappa shape index (κ3) is 1.90. The molecule has 0 aliphatic carbocycles. The molecule has 1 saturated heterocycles. The largest absolute Gasteiger partial charge is 0.481 e. The Bertz CT molecular complexity index is 686. The number of para-hydroxylation sites is 1. The predicted molar refractivity (Wildman–Crippen MR) is 85.1 cm³/mol. The van der Waals surface area contributed by atoms with Crippen molar-refractivity contribution < 1.29 is 4.74 Å². The van der Waals surface area contributed by atoms with Crippen molar-refractivity contribution in [2.45, 2.75) is 17.9 Å². The molecule has 21 heavy (non-hydrogen) atoms. The van der Waals surface area contributed by atoms with Gasteiger partial charge in [0.1, 0.15) is 11.4 Å². The Labute approximate surface area is 130 Å². The molecule has 4 rings (SSSR count). The summed E-state index contributed by atoms with van der Waals surface area (Å²) in [6.45, 7) is 2.03. The predicted octanol–water partition coefficient (Wildman–Crippen LogP) is 4.05. The van der Waals surface area contributed by atoms with Gasteiger partial charge in [-0.3, -0.25) is 0 Å². The van der Waals surface area contributed by atoms with E-state index in [2.05, 4.69) is 42.3 Å². The minimum absolute atomic E-state index is 0.311. The molecule has 2 aromatic rings. The smallest absolute Gasteiger partial charge is 0.145 e. The van der Waals surface area contributed by atoms with Crippen molar-refractivity contribution in [1.29, 1.82) is 0 Å². The maximum absolute atomic E-state index is 6.50. The number of hydrogen-bond donors (Lipinski definition) is 0. The van der Waals surface area contributed by atoms with Gasteiger partial charge in [0.05, 0.1) is 0 Å². The summed E-state index contributed by atoms with van der Waals surface area (Å²) in [7, 11) is 2.18. The molecule has 0 amide bonds. The van der Waals surface area contributed by atoms with Crippen LogP contribution in [0.1, 0.15) is 23.5 Å². The molecule has 2 aromatic carbocycles. The number of nitrogens with zero attached hydrogens (tertiary/aromatic N) is 1. The molecule has 2 nitrogen and oxygen atoms in total. The van der Waals surface area contributed by atoms with Gasteiger partial charge in [0.2, 0.25) is 0 Å². The van der Waals surface area contributed by atoms with Crippen LogP contribution in [-0.4, -0.2) is 25.0 Å². The second-order valence-corrected chi connectivity index (χ2v) is 6.48. The fourth-order valence-electron chi connectivity index (χ4n) is 3.79. The van der Waals surface area contributed by atoms with E-state index >= 15 is 0 Å². The number of likely N-dealkylation sites (N-methyl/N-ethyl adjacent to an activating group) is 1. The van der Waals surface area contributed by atoms with Crippen LogP contribution >= 0.6 is 11.6 Å². The summed E-state index contributed by atoms with van der Waals surface area (Å²) in [5.74, 6) is 1.35. The van der Waals surface area contributed by atoms with Crippen LogP contribution in [0.15, 0.2) is 48.5 Å². The first-order valence-electron chi connectivity index (χ1n) is 7.42. The van der Waals surface area contributed by atoms with Gasteiger partial charge in [-0.1, -0.05) is 48.0 Å². The number of rotatable bonds is 1. The summed E-state index contributed by atoms with van der Waals surface area (Å²) < 4.78 is 6.50. The summed E-state index contributed by atoms with van der Waals surface area (Å²) in [6, 6.07) is 16.5. The molecule has 2 aliphatic heterocycles. The van der Waals surface area contributed by atoms with Crippen LogP contribution in [0.5, 0.6) is 5.75 Å². The lowest BCUT2D eigenvalue weighted by molar-refractivity contribution is 0.00711. The molecule has 2 atom stereocenters. The van der Waals surface area contributed by atoms with E-state index in [0.29, 0.717) is 5.92 Å². The van der Waals surface area contributed by atoms with Crippen molar-refractivity contribution in [2.24, 2.45) is 0 Å². The molecule has 0 radical (unpaired) electrons. The second-order valence-electron chi connectivity index (χ2n) is 6.07. The quantitative estimate of drug-likeness (QED) is 0.788. The molecule has 2 heterocycles. The molecular formula is C18H18ClNO. The zero-order valence-electron chi connectivity index (χ0n) is 12.1. The van der Waals surface area contributed by atoms with Gasteiger partial charge in [0, 0.05) is 41.6 Å². The van der Waals surface area contributed by atoms with Gasteiger partial charge in [-0.05, 0) is 19.2 Å². The molecule has 0 unspecified atom stereocenters. The Morgan fingerprint density at radius 1 is 1.14 bits per heavy atom. The monoisotopic (exact) mass is 299 g/mol. The molecule has 0 spiro atoms. The number of hydrogen-bond acceptors (Lipinski definition) is 2. The molecule has 108 valence electrons.